The molecule has 1 saturated heterocycles. The Hall–Kier alpha value is -3.07. The predicted molar refractivity (Wildman–Crippen MR) is 120 cm³/mol. The first-order valence-corrected chi connectivity index (χ1v) is 12.1. The molecule has 8 nitrogen and oxygen atoms in total. The van der Waals surface area contributed by atoms with E-state index in [0.29, 0.717) is 48.7 Å². The number of hydrogen-bond acceptors (Lipinski definition) is 5. The lowest BCUT2D eigenvalue weighted by atomic mass is 10.1. The van der Waals surface area contributed by atoms with Crippen molar-refractivity contribution in [2.45, 2.75) is 24.7 Å². The quantitative estimate of drug-likeness (QED) is 0.719. The lowest BCUT2D eigenvalue weighted by Crippen LogP contribution is -2.51. The highest BCUT2D eigenvalue weighted by Crippen LogP contribution is 2.31. The zero-order valence-corrected chi connectivity index (χ0v) is 19.0. The second kappa shape index (κ2) is 8.82. The number of aryl methyl sites for hydroxylation is 1. The fraction of sp³-hybridized carbons (Fsp3) is 0.391. The highest BCUT2D eigenvalue weighted by molar-refractivity contribution is 7.92. The number of sulfonamides is 1. The molecule has 1 saturated carbocycles. The molecule has 0 spiro atoms. The summed E-state index contributed by atoms with van der Waals surface area (Å²) in [5.41, 5.74) is 1.16. The van der Waals surface area contributed by atoms with Gasteiger partial charge in [-0.25, -0.2) is 8.42 Å². The molecule has 2 fully saturated rings. The van der Waals surface area contributed by atoms with E-state index in [1.54, 1.807) is 48.2 Å². The third kappa shape index (κ3) is 4.57. The van der Waals surface area contributed by atoms with Crippen molar-refractivity contribution in [2.75, 3.05) is 38.0 Å². The van der Waals surface area contributed by atoms with Crippen molar-refractivity contribution in [1.29, 1.82) is 0 Å². The summed E-state index contributed by atoms with van der Waals surface area (Å²) in [4.78, 5) is 28.8. The molecule has 2 amide bonds. The Morgan fingerprint density at radius 2 is 1.66 bits per heavy atom. The second-order valence-electron chi connectivity index (χ2n) is 8.18. The number of anilines is 1. The molecule has 1 aliphatic heterocycles. The highest BCUT2D eigenvalue weighted by atomic mass is 32.2. The van der Waals surface area contributed by atoms with E-state index >= 15 is 0 Å². The molecular weight excluding hydrogens is 430 g/mol. The molecular formula is C23H27N3O5S. The molecule has 0 aromatic heterocycles. The van der Waals surface area contributed by atoms with Crippen LogP contribution in [0.15, 0.2) is 47.4 Å². The third-order valence-electron chi connectivity index (χ3n) is 5.88. The van der Waals surface area contributed by atoms with Crippen molar-refractivity contribution in [1.82, 2.24) is 9.80 Å². The predicted octanol–water partition coefficient (Wildman–Crippen LogP) is 2.50. The lowest BCUT2D eigenvalue weighted by molar-refractivity contribution is -0.134. The normalized spacial score (nSPS) is 16.6. The van der Waals surface area contributed by atoms with Gasteiger partial charge in [0, 0.05) is 37.7 Å². The van der Waals surface area contributed by atoms with Crippen LogP contribution >= 0.6 is 0 Å². The monoisotopic (exact) mass is 457 g/mol. The van der Waals surface area contributed by atoms with Crippen molar-refractivity contribution < 1.29 is 22.7 Å². The first kappa shape index (κ1) is 22.1. The van der Waals surface area contributed by atoms with Crippen molar-refractivity contribution in [3.05, 3.63) is 53.6 Å². The Kier molecular flexibility index (Phi) is 6.10. The number of amides is 2. The van der Waals surface area contributed by atoms with Gasteiger partial charge in [-0.05, 0) is 49.6 Å². The largest absolute Gasteiger partial charge is 0.495 e. The smallest absolute Gasteiger partial charge is 0.262 e. The molecule has 1 N–H and O–H groups in total. The molecule has 0 unspecified atom stereocenters. The summed E-state index contributed by atoms with van der Waals surface area (Å²) >= 11 is 0. The van der Waals surface area contributed by atoms with Crippen molar-refractivity contribution in [3.63, 3.8) is 0 Å². The van der Waals surface area contributed by atoms with Crippen molar-refractivity contribution in [2.24, 2.45) is 5.92 Å². The maximum absolute atomic E-state index is 13.1. The molecule has 0 radical (unpaired) electrons. The molecule has 4 rings (SSSR count). The summed E-state index contributed by atoms with van der Waals surface area (Å²) in [6.07, 6.45) is 1.92. The molecule has 1 heterocycles. The van der Waals surface area contributed by atoms with Crippen LogP contribution in [0.2, 0.25) is 0 Å². The highest BCUT2D eigenvalue weighted by Gasteiger charge is 2.35. The Morgan fingerprint density at radius 3 is 2.31 bits per heavy atom. The number of para-hydroxylation sites is 2. The number of piperazine rings is 1. The number of ether oxygens (including phenoxy) is 1. The zero-order chi connectivity index (χ0) is 22.9. The maximum atomic E-state index is 13.1. The van der Waals surface area contributed by atoms with Crippen molar-refractivity contribution >= 4 is 27.5 Å². The Labute approximate surface area is 188 Å². The van der Waals surface area contributed by atoms with E-state index in [4.69, 9.17) is 4.74 Å². The van der Waals surface area contributed by atoms with Crippen LogP contribution in [0.4, 0.5) is 5.69 Å². The zero-order valence-electron chi connectivity index (χ0n) is 18.2. The van der Waals surface area contributed by atoms with Crippen LogP contribution in [0.25, 0.3) is 0 Å². The van der Waals surface area contributed by atoms with E-state index in [0.717, 1.165) is 12.8 Å². The number of benzene rings is 2. The van der Waals surface area contributed by atoms with Crippen LogP contribution in [0.5, 0.6) is 5.75 Å². The fourth-order valence-electron chi connectivity index (χ4n) is 3.85. The van der Waals surface area contributed by atoms with Crippen LogP contribution in [0.1, 0.15) is 28.8 Å². The van der Waals surface area contributed by atoms with Gasteiger partial charge in [0.15, 0.2) is 0 Å². The van der Waals surface area contributed by atoms with Crippen LogP contribution in [0.3, 0.4) is 0 Å². The van der Waals surface area contributed by atoms with Gasteiger partial charge >= 0.3 is 0 Å². The molecule has 2 aliphatic rings. The van der Waals surface area contributed by atoms with Gasteiger partial charge in [-0.1, -0.05) is 18.2 Å². The number of carbonyl (C=O) groups excluding carboxylic acids is 2. The minimum Gasteiger partial charge on any atom is -0.495 e. The van der Waals surface area contributed by atoms with Gasteiger partial charge in [-0.3, -0.25) is 14.3 Å². The van der Waals surface area contributed by atoms with Crippen molar-refractivity contribution in [3.8, 4) is 5.75 Å². The van der Waals surface area contributed by atoms with Gasteiger partial charge in [0.2, 0.25) is 5.91 Å². The molecule has 32 heavy (non-hydrogen) atoms. The summed E-state index contributed by atoms with van der Waals surface area (Å²) in [6.45, 7) is 3.58. The maximum Gasteiger partial charge on any atom is 0.262 e. The average molecular weight is 458 g/mol. The van der Waals surface area contributed by atoms with Gasteiger partial charge in [-0.2, -0.15) is 0 Å². The minimum atomic E-state index is -3.94. The molecule has 1 aliphatic carbocycles. The lowest BCUT2D eigenvalue weighted by Gasteiger charge is -2.35. The molecule has 0 bridgehead atoms. The van der Waals surface area contributed by atoms with E-state index in [1.807, 2.05) is 4.90 Å². The first-order chi connectivity index (χ1) is 15.3. The van der Waals surface area contributed by atoms with Crippen LogP contribution < -0.4 is 9.46 Å². The average Bonchev–Trinajstić information content (AvgIpc) is 3.64. The summed E-state index contributed by atoms with van der Waals surface area (Å²) < 4.78 is 34.0. The van der Waals surface area contributed by atoms with E-state index in [1.165, 1.54) is 13.2 Å². The van der Waals surface area contributed by atoms with E-state index < -0.39 is 10.0 Å². The SMILES string of the molecule is COc1ccccc1NS(=O)(=O)c1cc(C(=O)N2CCN(C(=O)C3CC3)CC2)ccc1C. The van der Waals surface area contributed by atoms with Gasteiger partial charge in [0.1, 0.15) is 5.75 Å². The second-order valence-corrected chi connectivity index (χ2v) is 9.83. The molecule has 2 aromatic rings. The number of carbonyl (C=O) groups is 2. The van der Waals surface area contributed by atoms with E-state index in [-0.39, 0.29) is 22.6 Å². The summed E-state index contributed by atoms with van der Waals surface area (Å²) in [7, 11) is -2.47. The standard InChI is InChI=1S/C23H27N3O5S/c1-16-7-8-18(23(28)26-13-11-25(12-14-26)22(27)17-9-10-17)15-21(16)32(29,30)24-19-5-3-4-6-20(19)31-2/h3-8,15,17,24H,9-14H2,1-2H3. The van der Waals surface area contributed by atoms with Crippen LogP contribution in [-0.2, 0) is 14.8 Å². The van der Waals surface area contributed by atoms with Gasteiger partial charge < -0.3 is 14.5 Å². The summed E-state index contributed by atoms with van der Waals surface area (Å²) in [5, 5.41) is 0. The Morgan fingerprint density at radius 1 is 1.00 bits per heavy atom. The van der Waals surface area contributed by atoms with Gasteiger partial charge in [0.25, 0.3) is 15.9 Å². The fourth-order valence-corrected chi connectivity index (χ4v) is 5.19. The molecule has 0 atom stereocenters. The number of rotatable bonds is 6. The minimum absolute atomic E-state index is 0.0387. The van der Waals surface area contributed by atoms with E-state index in [2.05, 4.69) is 4.72 Å². The number of methoxy groups -OCH3 is 1. The molecule has 170 valence electrons. The van der Waals surface area contributed by atoms with Gasteiger partial charge in [-0.15, -0.1) is 0 Å². The topological polar surface area (TPSA) is 96.0 Å². The first-order valence-electron chi connectivity index (χ1n) is 10.6. The van der Waals surface area contributed by atoms with Gasteiger partial charge in [0.05, 0.1) is 17.7 Å². The van der Waals surface area contributed by atoms with Crippen LogP contribution in [0, 0.1) is 12.8 Å². The Balaban J connectivity index is 1.50. The number of hydrogen-bond donors (Lipinski definition) is 1. The molecule has 9 heteroatoms. The summed E-state index contributed by atoms with van der Waals surface area (Å²) in [6, 6.07) is 11.4. The van der Waals surface area contributed by atoms with E-state index in [9.17, 15) is 18.0 Å². The third-order valence-corrected chi connectivity index (χ3v) is 7.39. The molecule has 2 aromatic carbocycles. The number of nitrogens with one attached hydrogen (secondary N) is 1. The Bertz CT molecular complexity index is 1140. The number of nitrogens with zero attached hydrogens (tertiary/aromatic N) is 2. The van der Waals surface area contributed by atoms with Crippen LogP contribution in [-0.4, -0.2) is 63.3 Å². The summed E-state index contributed by atoms with van der Waals surface area (Å²) in [5.74, 6) is 0.512.